The van der Waals surface area contributed by atoms with Crippen LogP contribution >= 0.6 is 11.8 Å². The Balaban J connectivity index is 1.22. The third-order valence-electron chi connectivity index (χ3n) is 6.36. The molecule has 0 saturated carbocycles. The molecule has 0 aromatic heterocycles. The fourth-order valence-electron chi connectivity index (χ4n) is 4.38. The lowest BCUT2D eigenvalue weighted by Crippen LogP contribution is -2.37. The number of nitrogens with one attached hydrogen (secondary N) is 1. The molecule has 2 aliphatic heterocycles. The molecule has 1 N–H and O–H groups in total. The highest BCUT2D eigenvalue weighted by atomic mass is 32.2. The molecule has 2 heterocycles. The van der Waals surface area contributed by atoms with E-state index in [-0.39, 0.29) is 29.2 Å². The highest BCUT2D eigenvalue weighted by molar-refractivity contribution is 8.18. The van der Waals surface area contributed by atoms with Crippen LogP contribution in [0.5, 0.6) is 11.5 Å². The van der Waals surface area contributed by atoms with Crippen LogP contribution in [-0.2, 0) is 4.79 Å². The van der Waals surface area contributed by atoms with Crippen molar-refractivity contribution in [1.82, 2.24) is 10.2 Å². The Morgan fingerprint density at radius 1 is 0.850 bits per heavy atom. The number of hydrogen-bond donors (Lipinski definition) is 1. The Kier molecular flexibility index (Phi) is 7.39. The van der Waals surface area contributed by atoms with Crippen LogP contribution in [0.2, 0.25) is 0 Å². The fraction of sp³-hybridized carbons (Fsp3) is 0.138. The second-order valence-electron chi connectivity index (χ2n) is 8.75. The standard InChI is InChI=1S/C29H23N3O7S/c1-38-22-11-10-17(14-23(22)39-2)15-24-28(36)31(29(37)40-24)13-12-30-25(33)18-6-5-7-19(16-18)32-26(34)20-8-3-4-9-21(20)27(32)35/h3-11,14-16H,12-13H2,1-2H3,(H,30,33)/b24-15+. The van der Waals surface area contributed by atoms with Gasteiger partial charge < -0.3 is 14.8 Å². The lowest BCUT2D eigenvalue weighted by Gasteiger charge is -2.16. The summed E-state index contributed by atoms with van der Waals surface area (Å²) in [5, 5.41) is 2.24. The number of ether oxygens (including phenoxy) is 2. The van der Waals surface area contributed by atoms with Crippen molar-refractivity contribution in [2.45, 2.75) is 0 Å². The van der Waals surface area contributed by atoms with Gasteiger partial charge in [-0.1, -0.05) is 24.3 Å². The first-order chi connectivity index (χ1) is 19.3. The molecule has 10 nitrogen and oxygen atoms in total. The Morgan fingerprint density at radius 2 is 1.55 bits per heavy atom. The van der Waals surface area contributed by atoms with Crippen LogP contribution in [0.3, 0.4) is 0 Å². The largest absolute Gasteiger partial charge is 0.493 e. The van der Waals surface area contributed by atoms with E-state index in [2.05, 4.69) is 5.32 Å². The molecule has 5 amide bonds. The first-order valence-electron chi connectivity index (χ1n) is 12.2. The van der Waals surface area contributed by atoms with Crippen LogP contribution in [0, 0.1) is 0 Å². The zero-order chi connectivity index (χ0) is 28.4. The van der Waals surface area contributed by atoms with Crippen LogP contribution in [0.15, 0.2) is 71.6 Å². The zero-order valence-electron chi connectivity index (χ0n) is 21.5. The number of hydrogen-bond acceptors (Lipinski definition) is 8. The van der Waals surface area contributed by atoms with E-state index in [1.165, 1.54) is 20.3 Å². The van der Waals surface area contributed by atoms with E-state index in [1.54, 1.807) is 66.7 Å². The minimum absolute atomic E-state index is 0.0117. The summed E-state index contributed by atoms with van der Waals surface area (Å²) in [5.41, 5.74) is 1.76. The molecule has 11 heteroatoms. The van der Waals surface area contributed by atoms with Gasteiger partial charge in [0.1, 0.15) is 0 Å². The maximum Gasteiger partial charge on any atom is 0.293 e. The molecule has 0 atom stereocenters. The number of anilines is 1. The van der Waals surface area contributed by atoms with E-state index in [4.69, 9.17) is 9.47 Å². The summed E-state index contributed by atoms with van der Waals surface area (Å²) in [5.74, 6) is -0.835. The van der Waals surface area contributed by atoms with E-state index in [0.29, 0.717) is 28.2 Å². The molecule has 1 saturated heterocycles. The molecule has 0 spiro atoms. The second-order valence-corrected chi connectivity index (χ2v) is 9.74. The summed E-state index contributed by atoms with van der Waals surface area (Å²) in [7, 11) is 3.03. The van der Waals surface area contributed by atoms with Crippen molar-refractivity contribution < 1.29 is 33.4 Å². The number of methoxy groups -OCH3 is 2. The zero-order valence-corrected chi connectivity index (χ0v) is 22.3. The van der Waals surface area contributed by atoms with Gasteiger partial charge in [-0.15, -0.1) is 0 Å². The first-order valence-corrected chi connectivity index (χ1v) is 13.0. The van der Waals surface area contributed by atoms with Crippen molar-refractivity contribution in [3.05, 3.63) is 93.9 Å². The average Bonchev–Trinajstić information content (AvgIpc) is 3.39. The van der Waals surface area contributed by atoms with Gasteiger partial charge in [-0.3, -0.25) is 28.9 Å². The van der Waals surface area contributed by atoms with E-state index in [1.807, 2.05) is 0 Å². The Labute approximate surface area is 233 Å². The van der Waals surface area contributed by atoms with Gasteiger partial charge in [0.25, 0.3) is 28.9 Å². The van der Waals surface area contributed by atoms with E-state index in [0.717, 1.165) is 21.6 Å². The molecular weight excluding hydrogens is 534 g/mol. The van der Waals surface area contributed by atoms with Crippen molar-refractivity contribution in [2.24, 2.45) is 0 Å². The molecule has 0 bridgehead atoms. The number of imide groups is 2. The Morgan fingerprint density at radius 3 is 2.23 bits per heavy atom. The third kappa shape index (κ3) is 4.94. The van der Waals surface area contributed by atoms with E-state index < -0.39 is 28.9 Å². The predicted octanol–water partition coefficient (Wildman–Crippen LogP) is 3.97. The van der Waals surface area contributed by atoms with Crippen LogP contribution in [-0.4, -0.2) is 61.1 Å². The first kappa shape index (κ1) is 26.7. The molecule has 3 aromatic carbocycles. The quantitative estimate of drug-likeness (QED) is 0.326. The number of amides is 5. The van der Waals surface area contributed by atoms with Gasteiger partial charge in [0.15, 0.2) is 11.5 Å². The molecule has 5 rings (SSSR count). The van der Waals surface area contributed by atoms with Crippen LogP contribution in [0.4, 0.5) is 10.5 Å². The summed E-state index contributed by atoms with van der Waals surface area (Å²) < 4.78 is 10.5. The van der Waals surface area contributed by atoms with Crippen LogP contribution < -0.4 is 19.7 Å². The second kappa shape index (κ2) is 11.1. The van der Waals surface area contributed by atoms with Crippen molar-refractivity contribution >= 4 is 52.4 Å². The highest BCUT2D eigenvalue weighted by Gasteiger charge is 2.37. The maximum absolute atomic E-state index is 12.9. The fourth-order valence-corrected chi connectivity index (χ4v) is 5.25. The molecule has 0 aliphatic carbocycles. The number of fused-ring (bicyclic) bond motifs is 1. The molecule has 1 fully saturated rings. The molecule has 0 unspecified atom stereocenters. The normalized spacial score (nSPS) is 15.6. The van der Waals surface area contributed by atoms with Crippen LogP contribution in [0.1, 0.15) is 36.6 Å². The summed E-state index contributed by atoms with van der Waals surface area (Å²) >= 11 is 0.811. The molecule has 40 heavy (non-hydrogen) atoms. The average molecular weight is 558 g/mol. The molecule has 2 aliphatic rings. The minimum Gasteiger partial charge on any atom is -0.493 e. The van der Waals surface area contributed by atoms with Crippen molar-refractivity contribution in [1.29, 1.82) is 0 Å². The molecule has 0 radical (unpaired) electrons. The number of carbonyl (C=O) groups excluding carboxylic acids is 5. The number of nitrogens with zero attached hydrogens (tertiary/aromatic N) is 2. The van der Waals surface area contributed by atoms with Gasteiger partial charge >= 0.3 is 0 Å². The monoisotopic (exact) mass is 557 g/mol. The smallest absolute Gasteiger partial charge is 0.293 e. The van der Waals surface area contributed by atoms with Crippen molar-refractivity contribution in [3.63, 3.8) is 0 Å². The third-order valence-corrected chi connectivity index (χ3v) is 7.27. The lowest BCUT2D eigenvalue weighted by atomic mass is 10.1. The Hall–Kier alpha value is -4.90. The molecule has 202 valence electrons. The van der Waals surface area contributed by atoms with Gasteiger partial charge in [0.05, 0.1) is 35.9 Å². The number of thioether (sulfide) groups is 1. The SMILES string of the molecule is COc1ccc(/C=C2/SC(=O)N(CCNC(=O)c3cccc(N4C(=O)c5ccccc5C4=O)c3)C2=O)cc1OC. The summed E-state index contributed by atoms with van der Waals surface area (Å²) in [6.07, 6.45) is 1.59. The molecular formula is C29H23N3O7S. The predicted molar refractivity (Wildman–Crippen MR) is 149 cm³/mol. The highest BCUT2D eigenvalue weighted by Crippen LogP contribution is 2.34. The van der Waals surface area contributed by atoms with Gasteiger partial charge in [-0.05, 0) is 65.9 Å². The lowest BCUT2D eigenvalue weighted by molar-refractivity contribution is -0.122. The minimum atomic E-state index is -0.480. The summed E-state index contributed by atoms with van der Waals surface area (Å²) in [4.78, 5) is 66.1. The van der Waals surface area contributed by atoms with E-state index in [9.17, 15) is 24.0 Å². The van der Waals surface area contributed by atoms with Crippen LogP contribution in [0.25, 0.3) is 6.08 Å². The summed E-state index contributed by atoms with van der Waals surface area (Å²) in [6.45, 7) is -0.0183. The van der Waals surface area contributed by atoms with E-state index >= 15 is 0 Å². The Bertz CT molecular complexity index is 1560. The maximum atomic E-state index is 12.9. The number of carbonyl (C=O) groups is 5. The van der Waals surface area contributed by atoms with Gasteiger partial charge in [-0.2, -0.15) is 0 Å². The topological polar surface area (TPSA) is 122 Å². The van der Waals surface area contributed by atoms with Gasteiger partial charge in [0.2, 0.25) is 0 Å². The summed E-state index contributed by atoms with van der Waals surface area (Å²) in [6, 6.07) is 17.8. The van der Waals surface area contributed by atoms with Crippen molar-refractivity contribution in [3.8, 4) is 11.5 Å². The number of rotatable bonds is 8. The van der Waals surface area contributed by atoms with Crippen molar-refractivity contribution in [2.75, 3.05) is 32.2 Å². The van der Waals surface area contributed by atoms with Gasteiger partial charge in [0, 0.05) is 18.7 Å². The molecule has 3 aromatic rings. The number of benzene rings is 3. The van der Waals surface area contributed by atoms with Gasteiger partial charge in [-0.25, -0.2) is 4.90 Å².